The highest BCUT2D eigenvalue weighted by molar-refractivity contribution is 6.31. The molecule has 8 nitrogen and oxygen atoms in total. The van der Waals surface area contributed by atoms with Crippen molar-refractivity contribution in [1.82, 2.24) is 24.8 Å². The molecule has 2 aromatic carbocycles. The third kappa shape index (κ3) is 4.11. The molecule has 33 heavy (non-hydrogen) atoms. The van der Waals surface area contributed by atoms with Crippen molar-refractivity contribution >= 4 is 28.8 Å². The average Bonchev–Trinajstić information content (AvgIpc) is 3.28. The van der Waals surface area contributed by atoms with E-state index in [0.29, 0.717) is 44.9 Å². The molecule has 0 spiro atoms. The average molecular weight is 457 g/mol. The van der Waals surface area contributed by atoms with Crippen molar-refractivity contribution in [2.45, 2.75) is 0 Å². The molecule has 0 aliphatic heterocycles. The van der Waals surface area contributed by atoms with Gasteiger partial charge in [0.05, 0.1) is 18.4 Å². The summed E-state index contributed by atoms with van der Waals surface area (Å²) in [5, 5.41) is 16.4. The van der Waals surface area contributed by atoms with Crippen LogP contribution < -0.4 is 10.1 Å². The van der Waals surface area contributed by atoms with Crippen LogP contribution in [0, 0.1) is 0 Å². The Labute approximate surface area is 193 Å². The first-order chi connectivity index (χ1) is 16.1. The molecule has 0 radical (unpaired) electrons. The molecule has 0 fully saturated rings. The Bertz CT molecular complexity index is 1470. The minimum atomic E-state index is -0.328. The molecule has 0 aliphatic carbocycles. The van der Waals surface area contributed by atoms with Crippen LogP contribution in [0.25, 0.3) is 28.4 Å². The van der Waals surface area contributed by atoms with Crippen molar-refractivity contribution in [3.05, 3.63) is 89.6 Å². The van der Waals surface area contributed by atoms with Gasteiger partial charge in [-0.3, -0.25) is 9.78 Å². The number of pyridine rings is 1. The van der Waals surface area contributed by atoms with E-state index in [-0.39, 0.29) is 5.91 Å². The van der Waals surface area contributed by atoms with Gasteiger partial charge in [0.2, 0.25) is 5.82 Å². The van der Waals surface area contributed by atoms with E-state index in [1.807, 2.05) is 48.5 Å². The number of methoxy groups -OCH3 is 1. The largest absolute Gasteiger partial charge is 0.496 e. The van der Waals surface area contributed by atoms with E-state index < -0.39 is 0 Å². The Kier molecular flexibility index (Phi) is 5.42. The van der Waals surface area contributed by atoms with Gasteiger partial charge in [-0.25, -0.2) is 0 Å². The van der Waals surface area contributed by atoms with E-state index in [1.54, 1.807) is 35.0 Å². The van der Waals surface area contributed by atoms with E-state index >= 15 is 0 Å². The Morgan fingerprint density at radius 2 is 1.88 bits per heavy atom. The van der Waals surface area contributed by atoms with E-state index in [4.69, 9.17) is 21.4 Å². The van der Waals surface area contributed by atoms with Crippen molar-refractivity contribution in [1.29, 1.82) is 0 Å². The number of hydrogen-bond acceptors (Lipinski definition) is 6. The fourth-order valence-corrected chi connectivity index (χ4v) is 3.58. The van der Waals surface area contributed by atoms with E-state index in [1.165, 1.54) is 7.11 Å². The molecule has 1 N–H and O–H groups in total. The van der Waals surface area contributed by atoms with Crippen molar-refractivity contribution < 1.29 is 9.53 Å². The van der Waals surface area contributed by atoms with Gasteiger partial charge in [0.1, 0.15) is 11.4 Å². The van der Waals surface area contributed by atoms with Crippen LogP contribution in [-0.2, 0) is 0 Å². The Balaban J connectivity index is 1.47. The molecule has 1 amide bonds. The first-order valence-corrected chi connectivity index (χ1v) is 10.4. The molecule has 3 heterocycles. The second kappa shape index (κ2) is 8.68. The zero-order valence-electron chi connectivity index (χ0n) is 17.4. The number of carbonyl (C=O) groups excluding carboxylic acids is 1. The lowest BCUT2D eigenvalue weighted by atomic mass is 10.1. The molecule has 0 saturated heterocycles. The van der Waals surface area contributed by atoms with Crippen LogP contribution in [0.15, 0.2) is 79.0 Å². The standard InChI is InChI=1S/C24H17ClN6O2/c1-33-21-10-8-16(25)14-18(21)24(32)27-17-6-4-5-15(13-17)19-9-11-22-28-29-23(31(22)30-19)20-7-2-3-12-26-20/h2-14H,1H3,(H,27,32). The van der Waals surface area contributed by atoms with Gasteiger partial charge in [-0.1, -0.05) is 29.8 Å². The SMILES string of the molecule is COc1ccc(Cl)cc1C(=O)Nc1cccc(-c2ccc3nnc(-c4ccccn4)n3n2)c1. The molecular weight excluding hydrogens is 440 g/mol. The fourth-order valence-electron chi connectivity index (χ4n) is 3.41. The molecule has 0 bridgehead atoms. The monoisotopic (exact) mass is 456 g/mol. The second-order valence-electron chi connectivity index (χ2n) is 7.11. The minimum Gasteiger partial charge on any atom is -0.496 e. The molecule has 9 heteroatoms. The molecule has 5 rings (SSSR count). The summed E-state index contributed by atoms with van der Waals surface area (Å²) in [4.78, 5) is 17.2. The molecule has 0 aliphatic rings. The number of rotatable bonds is 5. The molecule has 0 unspecified atom stereocenters. The predicted octanol–water partition coefficient (Wildman–Crippen LogP) is 4.77. The van der Waals surface area contributed by atoms with Crippen LogP contribution in [0.5, 0.6) is 5.75 Å². The third-order valence-corrected chi connectivity index (χ3v) is 5.21. The first-order valence-electron chi connectivity index (χ1n) is 10.0. The van der Waals surface area contributed by atoms with Crippen LogP contribution in [0.1, 0.15) is 10.4 Å². The Morgan fingerprint density at radius 1 is 0.970 bits per heavy atom. The number of hydrogen-bond donors (Lipinski definition) is 1. The summed E-state index contributed by atoms with van der Waals surface area (Å²) >= 11 is 6.06. The predicted molar refractivity (Wildman–Crippen MR) is 125 cm³/mol. The van der Waals surface area contributed by atoms with Gasteiger partial charge in [-0.05, 0) is 54.6 Å². The number of halogens is 1. The maximum atomic E-state index is 12.8. The zero-order chi connectivity index (χ0) is 22.8. The van der Waals surface area contributed by atoms with E-state index in [9.17, 15) is 4.79 Å². The van der Waals surface area contributed by atoms with Crippen LogP contribution >= 0.6 is 11.6 Å². The van der Waals surface area contributed by atoms with E-state index in [2.05, 4.69) is 20.5 Å². The van der Waals surface area contributed by atoms with Crippen LogP contribution in [0.2, 0.25) is 5.02 Å². The van der Waals surface area contributed by atoms with Gasteiger partial charge >= 0.3 is 0 Å². The normalized spacial score (nSPS) is 10.8. The highest BCUT2D eigenvalue weighted by Crippen LogP contribution is 2.26. The van der Waals surface area contributed by atoms with Crippen molar-refractivity contribution in [3.63, 3.8) is 0 Å². The Morgan fingerprint density at radius 3 is 2.70 bits per heavy atom. The van der Waals surface area contributed by atoms with Gasteiger partial charge in [-0.15, -0.1) is 10.2 Å². The minimum absolute atomic E-state index is 0.328. The maximum Gasteiger partial charge on any atom is 0.259 e. The van der Waals surface area contributed by atoms with Gasteiger partial charge in [0.15, 0.2) is 5.65 Å². The van der Waals surface area contributed by atoms with Gasteiger partial charge in [-0.2, -0.15) is 9.61 Å². The molecule has 0 saturated carbocycles. The fraction of sp³-hybridized carbons (Fsp3) is 0.0417. The summed E-state index contributed by atoms with van der Waals surface area (Å²) in [7, 11) is 1.51. The van der Waals surface area contributed by atoms with Crippen molar-refractivity contribution in [3.8, 4) is 28.5 Å². The molecule has 162 valence electrons. The summed E-state index contributed by atoms with van der Waals surface area (Å²) in [5.41, 5.74) is 3.74. The van der Waals surface area contributed by atoms with Gasteiger partial charge < -0.3 is 10.1 Å². The summed E-state index contributed by atoms with van der Waals surface area (Å²) in [5.74, 6) is 0.658. The highest BCUT2D eigenvalue weighted by atomic mass is 35.5. The number of fused-ring (bicyclic) bond motifs is 1. The van der Waals surface area contributed by atoms with Gasteiger partial charge in [0, 0.05) is 22.5 Å². The van der Waals surface area contributed by atoms with Crippen LogP contribution in [-0.4, -0.2) is 37.8 Å². The topological polar surface area (TPSA) is 94.3 Å². The van der Waals surface area contributed by atoms with E-state index in [0.717, 1.165) is 5.56 Å². The van der Waals surface area contributed by atoms with Crippen LogP contribution in [0.3, 0.4) is 0 Å². The lowest BCUT2D eigenvalue weighted by Gasteiger charge is -2.11. The zero-order valence-corrected chi connectivity index (χ0v) is 18.2. The number of aromatic nitrogens is 5. The lowest BCUT2D eigenvalue weighted by Crippen LogP contribution is -2.13. The molecule has 5 aromatic rings. The smallest absolute Gasteiger partial charge is 0.259 e. The lowest BCUT2D eigenvalue weighted by molar-refractivity contribution is 0.102. The number of amides is 1. The number of ether oxygens (including phenoxy) is 1. The summed E-state index contributed by atoms with van der Waals surface area (Å²) in [6.07, 6.45) is 1.70. The number of benzene rings is 2. The molecular formula is C24H17ClN6O2. The quantitative estimate of drug-likeness (QED) is 0.409. The number of carbonyl (C=O) groups is 1. The van der Waals surface area contributed by atoms with Crippen molar-refractivity contribution in [2.75, 3.05) is 12.4 Å². The first kappa shape index (κ1) is 20.6. The maximum absolute atomic E-state index is 12.8. The summed E-state index contributed by atoms with van der Waals surface area (Å²) < 4.78 is 6.94. The second-order valence-corrected chi connectivity index (χ2v) is 7.54. The summed E-state index contributed by atoms with van der Waals surface area (Å²) in [6.45, 7) is 0. The van der Waals surface area contributed by atoms with Gasteiger partial charge in [0.25, 0.3) is 5.91 Å². The number of nitrogens with one attached hydrogen (secondary N) is 1. The number of anilines is 1. The Hall–Kier alpha value is -4.30. The number of nitrogens with zero attached hydrogens (tertiary/aromatic N) is 5. The third-order valence-electron chi connectivity index (χ3n) is 4.98. The van der Waals surface area contributed by atoms with Crippen LogP contribution in [0.4, 0.5) is 5.69 Å². The van der Waals surface area contributed by atoms with Crippen molar-refractivity contribution in [2.24, 2.45) is 0 Å². The summed E-state index contributed by atoms with van der Waals surface area (Å²) in [6, 6.07) is 21.6. The molecule has 0 atom stereocenters. The molecule has 3 aromatic heterocycles. The highest BCUT2D eigenvalue weighted by Gasteiger charge is 2.15.